The van der Waals surface area contributed by atoms with Gasteiger partial charge in [-0.25, -0.2) is 4.39 Å². The number of nitrogens with zero attached hydrogens (tertiary/aromatic N) is 2. The molecule has 22 heavy (non-hydrogen) atoms. The maximum absolute atomic E-state index is 13.5. The number of aliphatic imine (C=N–C) groups is 1. The molecular weight excluding hydrogens is 283 g/mol. The lowest BCUT2D eigenvalue weighted by atomic mass is 10.0. The predicted octanol–water partition coefficient (Wildman–Crippen LogP) is 1.51. The molecule has 0 amide bonds. The molecule has 0 saturated carbocycles. The molecule has 0 radical (unpaired) electrons. The van der Waals surface area contributed by atoms with Crippen LogP contribution in [-0.4, -0.2) is 49.7 Å². The highest BCUT2D eigenvalue weighted by Gasteiger charge is 2.22. The molecule has 1 atom stereocenters. The van der Waals surface area contributed by atoms with Gasteiger partial charge in [0.25, 0.3) is 0 Å². The van der Waals surface area contributed by atoms with Crippen LogP contribution in [-0.2, 0) is 4.74 Å². The largest absolute Gasteiger partial charge is 0.379 e. The van der Waals surface area contributed by atoms with Crippen molar-refractivity contribution >= 4 is 5.96 Å². The average molecular weight is 308 g/mol. The molecule has 1 aliphatic rings. The molecule has 1 unspecified atom stereocenters. The van der Waals surface area contributed by atoms with Crippen molar-refractivity contribution in [1.82, 2.24) is 10.2 Å². The maximum Gasteiger partial charge on any atom is 0.188 e. The lowest BCUT2D eigenvalue weighted by Crippen LogP contribution is -2.41. The second-order valence-electron chi connectivity index (χ2n) is 5.74. The van der Waals surface area contributed by atoms with Crippen LogP contribution in [0.25, 0.3) is 0 Å². The molecular formula is C16H25FN4O. The number of hydrogen-bond donors (Lipinski definition) is 2. The molecule has 0 aliphatic carbocycles. The van der Waals surface area contributed by atoms with Crippen LogP contribution in [0.5, 0.6) is 0 Å². The van der Waals surface area contributed by atoms with Crippen LogP contribution in [0.2, 0.25) is 0 Å². The minimum absolute atomic E-state index is 0.00659. The minimum atomic E-state index is -0.229. The first-order valence-electron chi connectivity index (χ1n) is 7.70. The average Bonchev–Trinajstić information content (AvgIpc) is 2.48. The first-order chi connectivity index (χ1) is 10.6. The van der Waals surface area contributed by atoms with Crippen molar-refractivity contribution in [2.24, 2.45) is 10.7 Å². The fraction of sp³-hybridized carbons (Fsp3) is 0.562. The van der Waals surface area contributed by atoms with Gasteiger partial charge >= 0.3 is 0 Å². The fourth-order valence-electron chi connectivity index (χ4n) is 2.56. The van der Waals surface area contributed by atoms with Gasteiger partial charge in [-0.1, -0.05) is 12.1 Å². The molecule has 1 aromatic rings. The van der Waals surface area contributed by atoms with Gasteiger partial charge in [0.05, 0.1) is 25.8 Å². The SMILES string of the molecule is CC(C)NC(N)=NCC(c1cccc(F)c1)N1CCOCC1. The van der Waals surface area contributed by atoms with E-state index in [1.54, 1.807) is 12.1 Å². The Bertz CT molecular complexity index is 501. The molecule has 1 saturated heterocycles. The van der Waals surface area contributed by atoms with Crippen molar-refractivity contribution in [1.29, 1.82) is 0 Å². The topological polar surface area (TPSA) is 62.9 Å². The standard InChI is InChI=1S/C16H25FN4O/c1-12(2)20-16(18)19-11-15(21-6-8-22-9-7-21)13-4-3-5-14(17)10-13/h3-5,10,12,15H,6-9,11H2,1-2H3,(H3,18,19,20). The Morgan fingerprint density at radius 1 is 1.41 bits per heavy atom. The highest BCUT2D eigenvalue weighted by Crippen LogP contribution is 2.23. The van der Waals surface area contributed by atoms with Crippen LogP contribution < -0.4 is 11.1 Å². The third-order valence-electron chi connectivity index (χ3n) is 3.59. The Hall–Kier alpha value is -1.66. The Balaban J connectivity index is 2.14. The Morgan fingerprint density at radius 3 is 2.77 bits per heavy atom. The number of nitrogens with one attached hydrogen (secondary N) is 1. The van der Waals surface area contributed by atoms with Crippen molar-refractivity contribution in [3.05, 3.63) is 35.6 Å². The summed E-state index contributed by atoms with van der Waals surface area (Å²) >= 11 is 0. The van der Waals surface area contributed by atoms with E-state index >= 15 is 0 Å². The van der Waals surface area contributed by atoms with Gasteiger partial charge in [-0.05, 0) is 31.5 Å². The van der Waals surface area contributed by atoms with Crippen LogP contribution in [0, 0.1) is 5.82 Å². The molecule has 2 rings (SSSR count). The third-order valence-corrected chi connectivity index (χ3v) is 3.59. The van der Waals surface area contributed by atoms with Crippen molar-refractivity contribution in [2.75, 3.05) is 32.8 Å². The molecule has 6 heteroatoms. The Labute approximate surface area is 131 Å². The molecule has 0 aromatic heterocycles. The summed E-state index contributed by atoms with van der Waals surface area (Å²) in [6.45, 7) is 7.52. The van der Waals surface area contributed by atoms with Crippen LogP contribution >= 0.6 is 0 Å². The number of benzene rings is 1. The second-order valence-corrected chi connectivity index (χ2v) is 5.74. The number of morpholine rings is 1. The van der Waals surface area contributed by atoms with E-state index in [-0.39, 0.29) is 17.9 Å². The van der Waals surface area contributed by atoms with Crippen LogP contribution in [0.1, 0.15) is 25.5 Å². The van der Waals surface area contributed by atoms with E-state index in [2.05, 4.69) is 15.2 Å². The number of halogens is 1. The molecule has 3 N–H and O–H groups in total. The van der Waals surface area contributed by atoms with E-state index in [9.17, 15) is 4.39 Å². The van der Waals surface area contributed by atoms with E-state index in [0.717, 1.165) is 18.7 Å². The number of rotatable bonds is 5. The first-order valence-corrected chi connectivity index (χ1v) is 7.70. The highest BCUT2D eigenvalue weighted by molar-refractivity contribution is 5.78. The monoisotopic (exact) mass is 308 g/mol. The minimum Gasteiger partial charge on any atom is -0.379 e. The summed E-state index contributed by atoms with van der Waals surface area (Å²) in [4.78, 5) is 6.69. The summed E-state index contributed by atoms with van der Waals surface area (Å²) in [5.41, 5.74) is 6.80. The van der Waals surface area contributed by atoms with E-state index < -0.39 is 0 Å². The van der Waals surface area contributed by atoms with E-state index in [0.29, 0.717) is 25.7 Å². The first kappa shape index (κ1) is 16.7. The smallest absolute Gasteiger partial charge is 0.188 e. The molecule has 0 spiro atoms. The van der Waals surface area contributed by atoms with Gasteiger partial charge in [-0.2, -0.15) is 0 Å². The summed E-state index contributed by atoms with van der Waals surface area (Å²) in [5, 5.41) is 3.07. The van der Waals surface area contributed by atoms with E-state index in [1.165, 1.54) is 6.07 Å². The maximum atomic E-state index is 13.5. The zero-order chi connectivity index (χ0) is 15.9. The normalized spacial score (nSPS) is 18.5. The predicted molar refractivity (Wildman–Crippen MR) is 86.3 cm³/mol. The molecule has 0 bridgehead atoms. The molecule has 5 nitrogen and oxygen atoms in total. The van der Waals surface area contributed by atoms with Crippen molar-refractivity contribution < 1.29 is 9.13 Å². The summed E-state index contributed by atoms with van der Waals surface area (Å²) in [5.74, 6) is 0.192. The number of ether oxygens (including phenoxy) is 1. The van der Waals surface area contributed by atoms with Crippen LogP contribution in [0.4, 0.5) is 4.39 Å². The number of nitrogens with two attached hydrogens (primary N) is 1. The van der Waals surface area contributed by atoms with Gasteiger partial charge in [0, 0.05) is 19.1 Å². The van der Waals surface area contributed by atoms with Crippen LogP contribution in [0.15, 0.2) is 29.3 Å². The van der Waals surface area contributed by atoms with Crippen molar-refractivity contribution in [3.8, 4) is 0 Å². The zero-order valence-electron chi connectivity index (χ0n) is 13.3. The molecule has 122 valence electrons. The Kier molecular flexibility index (Phi) is 6.15. The second kappa shape index (κ2) is 8.10. The quantitative estimate of drug-likeness (QED) is 0.639. The number of hydrogen-bond acceptors (Lipinski definition) is 3. The van der Waals surface area contributed by atoms with Gasteiger partial charge in [0.15, 0.2) is 5.96 Å². The number of guanidine groups is 1. The van der Waals surface area contributed by atoms with Gasteiger partial charge in [0.1, 0.15) is 5.82 Å². The molecule has 1 aliphatic heterocycles. The van der Waals surface area contributed by atoms with Gasteiger partial charge in [0.2, 0.25) is 0 Å². The Morgan fingerprint density at radius 2 is 2.14 bits per heavy atom. The van der Waals surface area contributed by atoms with Crippen molar-refractivity contribution in [2.45, 2.75) is 25.9 Å². The summed E-state index contributed by atoms with van der Waals surface area (Å²) in [6, 6.07) is 6.94. The third kappa shape index (κ3) is 4.96. The highest BCUT2D eigenvalue weighted by atomic mass is 19.1. The van der Waals surface area contributed by atoms with Crippen molar-refractivity contribution in [3.63, 3.8) is 0 Å². The van der Waals surface area contributed by atoms with Gasteiger partial charge in [-0.3, -0.25) is 9.89 Å². The van der Waals surface area contributed by atoms with E-state index in [4.69, 9.17) is 10.5 Å². The summed E-state index contributed by atoms with van der Waals surface area (Å²) in [7, 11) is 0. The van der Waals surface area contributed by atoms with Gasteiger partial charge in [-0.15, -0.1) is 0 Å². The lowest BCUT2D eigenvalue weighted by molar-refractivity contribution is 0.0179. The fourth-order valence-corrected chi connectivity index (χ4v) is 2.56. The van der Waals surface area contributed by atoms with E-state index in [1.807, 2.05) is 19.9 Å². The van der Waals surface area contributed by atoms with Gasteiger partial charge < -0.3 is 15.8 Å². The zero-order valence-corrected chi connectivity index (χ0v) is 13.3. The summed E-state index contributed by atoms with van der Waals surface area (Å²) < 4.78 is 18.9. The molecule has 1 heterocycles. The molecule has 1 aromatic carbocycles. The van der Waals surface area contributed by atoms with Crippen LogP contribution in [0.3, 0.4) is 0 Å². The molecule has 1 fully saturated rings. The lowest BCUT2D eigenvalue weighted by Gasteiger charge is -2.34. The summed E-state index contributed by atoms with van der Waals surface area (Å²) in [6.07, 6.45) is 0.